The number of carbonyl (C=O) groups is 1. The summed E-state index contributed by atoms with van der Waals surface area (Å²) in [7, 11) is 0. The van der Waals surface area contributed by atoms with Crippen molar-refractivity contribution in [1.82, 2.24) is 15.0 Å². The van der Waals surface area contributed by atoms with Gasteiger partial charge in [0.25, 0.3) is 5.91 Å². The van der Waals surface area contributed by atoms with E-state index < -0.39 is 5.91 Å². The Morgan fingerprint density at radius 1 is 1.53 bits per heavy atom. The van der Waals surface area contributed by atoms with E-state index >= 15 is 0 Å². The molecule has 7 nitrogen and oxygen atoms in total. The first-order valence-corrected chi connectivity index (χ1v) is 4.91. The zero-order chi connectivity index (χ0) is 11.8. The van der Waals surface area contributed by atoms with Crippen molar-refractivity contribution in [3.05, 3.63) is 42.6 Å². The molecule has 1 aliphatic heterocycles. The van der Waals surface area contributed by atoms with E-state index in [1.807, 2.05) is 12.1 Å². The van der Waals surface area contributed by atoms with Crippen LogP contribution >= 0.6 is 0 Å². The first-order valence-electron chi connectivity index (χ1n) is 4.91. The molecule has 2 aromatic rings. The SMILES string of the molecule is NC(=O)c1cnn2cccc2c1N1NC=CO1. The lowest BCUT2D eigenvalue weighted by Gasteiger charge is -2.19. The Bertz CT molecular complexity index is 610. The summed E-state index contributed by atoms with van der Waals surface area (Å²) in [5, 5.41) is 5.44. The van der Waals surface area contributed by atoms with Crippen LogP contribution in [0, 0.1) is 0 Å². The second-order valence-electron chi connectivity index (χ2n) is 3.44. The lowest BCUT2D eigenvalue weighted by Crippen LogP contribution is -2.31. The number of hydrogen-bond acceptors (Lipinski definition) is 5. The van der Waals surface area contributed by atoms with Gasteiger partial charge in [0, 0.05) is 6.20 Å². The van der Waals surface area contributed by atoms with Gasteiger partial charge in [0.15, 0.2) is 0 Å². The number of amides is 1. The van der Waals surface area contributed by atoms with Gasteiger partial charge in [-0.15, -0.1) is 5.17 Å². The molecule has 3 N–H and O–H groups in total. The monoisotopic (exact) mass is 231 g/mol. The largest absolute Gasteiger partial charge is 0.365 e. The van der Waals surface area contributed by atoms with Gasteiger partial charge >= 0.3 is 0 Å². The molecule has 0 atom stereocenters. The fourth-order valence-corrected chi connectivity index (χ4v) is 1.71. The van der Waals surface area contributed by atoms with Crippen molar-refractivity contribution in [2.45, 2.75) is 0 Å². The molecule has 3 rings (SSSR count). The highest BCUT2D eigenvalue weighted by Crippen LogP contribution is 2.26. The summed E-state index contributed by atoms with van der Waals surface area (Å²) in [5.41, 5.74) is 9.69. The van der Waals surface area contributed by atoms with E-state index in [2.05, 4.69) is 10.5 Å². The molecule has 1 amide bonds. The van der Waals surface area contributed by atoms with Crippen LogP contribution in [0.15, 0.2) is 37.0 Å². The topological polar surface area (TPSA) is 84.9 Å². The van der Waals surface area contributed by atoms with Crippen LogP contribution in [0.1, 0.15) is 10.4 Å². The molecule has 0 aliphatic carbocycles. The molecule has 0 saturated carbocycles. The van der Waals surface area contributed by atoms with Crippen LogP contribution in [0.2, 0.25) is 0 Å². The number of hydrogen-bond donors (Lipinski definition) is 2. The lowest BCUT2D eigenvalue weighted by molar-refractivity contribution is 0.0998. The molecule has 0 aromatic carbocycles. The standard InChI is InChI=1S/C10H9N5O2/c11-10(16)7-6-13-14-4-1-2-8(14)9(7)15-12-3-5-17-15/h1-6,12H,(H2,11,16). The van der Waals surface area contributed by atoms with Gasteiger partial charge in [-0.2, -0.15) is 5.10 Å². The molecular weight excluding hydrogens is 222 g/mol. The van der Waals surface area contributed by atoms with Crippen molar-refractivity contribution >= 4 is 17.1 Å². The average Bonchev–Trinajstić information content (AvgIpc) is 2.98. The molecule has 7 heteroatoms. The normalized spacial score (nSPS) is 13.8. The second kappa shape index (κ2) is 3.41. The van der Waals surface area contributed by atoms with Crippen molar-refractivity contribution in [2.24, 2.45) is 5.73 Å². The van der Waals surface area contributed by atoms with Gasteiger partial charge in [0.05, 0.1) is 23.5 Å². The van der Waals surface area contributed by atoms with Gasteiger partial charge in [-0.25, -0.2) is 4.52 Å². The van der Waals surface area contributed by atoms with E-state index in [1.54, 1.807) is 16.9 Å². The average molecular weight is 231 g/mol. The number of primary amides is 1. The third-order valence-electron chi connectivity index (χ3n) is 2.43. The van der Waals surface area contributed by atoms with Crippen LogP contribution in [0.25, 0.3) is 5.52 Å². The minimum atomic E-state index is -0.562. The van der Waals surface area contributed by atoms with E-state index in [0.717, 1.165) is 5.52 Å². The predicted octanol–water partition coefficient (Wildman–Crippen LogP) is 0.161. The van der Waals surface area contributed by atoms with E-state index in [1.165, 1.54) is 17.6 Å². The summed E-state index contributed by atoms with van der Waals surface area (Å²) in [5.74, 6) is -0.562. The predicted molar refractivity (Wildman–Crippen MR) is 59.5 cm³/mol. The lowest BCUT2D eigenvalue weighted by atomic mass is 10.2. The van der Waals surface area contributed by atoms with Crippen molar-refractivity contribution in [3.63, 3.8) is 0 Å². The molecule has 0 unspecified atom stereocenters. The van der Waals surface area contributed by atoms with E-state index in [9.17, 15) is 4.79 Å². The summed E-state index contributed by atoms with van der Waals surface area (Å²) < 4.78 is 1.63. The summed E-state index contributed by atoms with van der Waals surface area (Å²) in [6.45, 7) is 0. The third-order valence-corrected chi connectivity index (χ3v) is 2.43. The highest BCUT2D eigenvalue weighted by molar-refractivity contribution is 6.01. The Morgan fingerprint density at radius 2 is 2.41 bits per heavy atom. The molecule has 0 saturated heterocycles. The molecule has 0 bridgehead atoms. The zero-order valence-corrected chi connectivity index (χ0v) is 8.70. The number of nitrogens with zero attached hydrogens (tertiary/aromatic N) is 3. The van der Waals surface area contributed by atoms with Crippen LogP contribution in [-0.2, 0) is 4.84 Å². The van der Waals surface area contributed by atoms with Crippen LogP contribution < -0.4 is 16.3 Å². The minimum absolute atomic E-state index is 0.285. The fraction of sp³-hybridized carbons (Fsp3) is 0. The van der Waals surface area contributed by atoms with Gasteiger partial charge in [0.2, 0.25) is 0 Å². The highest BCUT2D eigenvalue weighted by Gasteiger charge is 2.21. The maximum absolute atomic E-state index is 11.4. The number of anilines is 1. The summed E-state index contributed by atoms with van der Waals surface area (Å²) in [6, 6.07) is 3.64. The molecule has 86 valence electrons. The molecule has 0 fully saturated rings. The number of nitrogens with one attached hydrogen (secondary N) is 1. The van der Waals surface area contributed by atoms with Gasteiger partial charge in [-0.1, -0.05) is 0 Å². The number of aromatic nitrogens is 2. The summed E-state index contributed by atoms with van der Waals surface area (Å²) in [6.07, 6.45) is 6.25. The van der Waals surface area contributed by atoms with Crippen LogP contribution in [-0.4, -0.2) is 15.5 Å². The molecule has 2 aromatic heterocycles. The van der Waals surface area contributed by atoms with Crippen molar-refractivity contribution < 1.29 is 9.63 Å². The van der Waals surface area contributed by atoms with E-state index in [-0.39, 0.29) is 5.56 Å². The maximum Gasteiger partial charge on any atom is 0.252 e. The van der Waals surface area contributed by atoms with Gasteiger partial charge < -0.3 is 10.6 Å². The number of hydrazine groups is 1. The number of rotatable bonds is 2. The quantitative estimate of drug-likeness (QED) is 0.769. The number of carbonyl (C=O) groups excluding carboxylic acids is 1. The minimum Gasteiger partial charge on any atom is -0.365 e. The number of fused-ring (bicyclic) bond motifs is 1. The third kappa shape index (κ3) is 1.36. The summed E-state index contributed by atoms with van der Waals surface area (Å²) >= 11 is 0. The van der Waals surface area contributed by atoms with Crippen molar-refractivity contribution in [1.29, 1.82) is 0 Å². The molecule has 17 heavy (non-hydrogen) atoms. The van der Waals surface area contributed by atoms with Crippen LogP contribution in [0.4, 0.5) is 5.69 Å². The molecule has 3 heterocycles. The Morgan fingerprint density at radius 3 is 3.12 bits per heavy atom. The Labute approximate surface area is 96.0 Å². The van der Waals surface area contributed by atoms with Crippen molar-refractivity contribution in [2.75, 3.05) is 5.17 Å². The first kappa shape index (κ1) is 9.52. The Balaban J connectivity index is 2.25. The van der Waals surface area contributed by atoms with Gasteiger partial charge in [-0.3, -0.25) is 10.2 Å². The fourth-order valence-electron chi connectivity index (χ4n) is 1.71. The van der Waals surface area contributed by atoms with Gasteiger partial charge in [-0.05, 0) is 12.1 Å². The Hall–Kier alpha value is -2.70. The van der Waals surface area contributed by atoms with E-state index in [4.69, 9.17) is 10.6 Å². The Kier molecular flexibility index (Phi) is 1.91. The number of nitrogens with two attached hydrogens (primary N) is 1. The van der Waals surface area contributed by atoms with Gasteiger partial charge in [0.1, 0.15) is 11.9 Å². The molecule has 0 spiro atoms. The molecule has 1 aliphatic rings. The summed E-state index contributed by atoms with van der Waals surface area (Å²) in [4.78, 5) is 16.6. The second-order valence-corrected chi connectivity index (χ2v) is 3.44. The van der Waals surface area contributed by atoms with Crippen LogP contribution in [0.3, 0.4) is 0 Å². The zero-order valence-electron chi connectivity index (χ0n) is 8.70. The van der Waals surface area contributed by atoms with E-state index in [0.29, 0.717) is 5.69 Å². The first-order chi connectivity index (χ1) is 8.27. The smallest absolute Gasteiger partial charge is 0.252 e. The highest BCUT2D eigenvalue weighted by atomic mass is 16.7. The van der Waals surface area contributed by atoms with Crippen LogP contribution in [0.5, 0.6) is 0 Å². The maximum atomic E-state index is 11.4. The molecule has 0 radical (unpaired) electrons. The van der Waals surface area contributed by atoms with Crippen molar-refractivity contribution in [3.8, 4) is 0 Å². The molecular formula is C10H9N5O2.